The van der Waals surface area contributed by atoms with Gasteiger partial charge in [0.25, 0.3) is 0 Å². The number of nitrogens with zero attached hydrogens (tertiary/aromatic N) is 1. The molecule has 1 heterocycles. The average Bonchev–Trinajstić information content (AvgIpc) is 2.63. The van der Waals surface area contributed by atoms with Crippen molar-refractivity contribution in [2.24, 2.45) is 0 Å². The van der Waals surface area contributed by atoms with E-state index in [-0.39, 0.29) is 0 Å². The fourth-order valence-corrected chi connectivity index (χ4v) is 3.39. The Balaban J connectivity index is 1.64. The van der Waals surface area contributed by atoms with Crippen LogP contribution in [0.2, 0.25) is 0 Å². The first-order valence-electron chi connectivity index (χ1n) is 8.19. The maximum Gasteiger partial charge on any atom is 0.150 e. The van der Waals surface area contributed by atoms with E-state index in [2.05, 4.69) is 35.2 Å². The number of rotatable bonds is 5. The molecule has 1 aliphatic rings. The summed E-state index contributed by atoms with van der Waals surface area (Å²) in [5.41, 5.74) is 3.25. The summed E-state index contributed by atoms with van der Waals surface area (Å²) >= 11 is 0. The number of hydrogen-bond acceptors (Lipinski definition) is 3. The van der Waals surface area contributed by atoms with Gasteiger partial charge in [0, 0.05) is 17.7 Å². The van der Waals surface area contributed by atoms with Gasteiger partial charge in [0.15, 0.2) is 0 Å². The molecule has 0 aromatic heterocycles. The van der Waals surface area contributed by atoms with E-state index in [4.69, 9.17) is 4.74 Å². The minimum absolute atomic E-state index is 0.663. The van der Waals surface area contributed by atoms with Crippen LogP contribution in [0.25, 0.3) is 0 Å². The third-order valence-electron chi connectivity index (χ3n) is 4.69. The molecule has 23 heavy (non-hydrogen) atoms. The summed E-state index contributed by atoms with van der Waals surface area (Å²) < 4.78 is 5.43. The predicted molar refractivity (Wildman–Crippen MR) is 92.1 cm³/mol. The lowest BCUT2D eigenvalue weighted by molar-refractivity contribution is 0.112. The van der Waals surface area contributed by atoms with Crippen LogP contribution < -0.4 is 4.74 Å². The highest BCUT2D eigenvalue weighted by Crippen LogP contribution is 2.29. The minimum atomic E-state index is 0.663. The van der Waals surface area contributed by atoms with Crippen molar-refractivity contribution in [1.29, 1.82) is 0 Å². The van der Waals surface area contributed by atoms with Crippen LogP contribution in [0.3, 0.4) is 0 Å². The van der Waals surface area contributed by atoms with Gasteiger partial charge in [-0.15, -0.1) is 0 Å². The van der Waals surface area contributed by atoms with Gasteiger partial charge in [0.2, 0.25) is 0 Å². The zero-order valence-electron chi connectivity index (χ0n) is 13.6. The summed E-state index contributed by atoms with van der Waals surface area (Å²) in [5.74, 6) is 1.52. The van der Waals surface area contributed by atoms with Crippen molar-refractivity contribution in [3.63, 3.8) is 0 Å². The lowest BCUT2D eigenvalue weighted by Crippen LogP contribution is -2.32. The zero-order chi connectivity index (χ0) is 16.1. The molecular formula is C20H23NO2. The molecule has 0 spiro atoms. The van der Waals surface area contributed by atoms with Crippen LogP contribution in [0.4, 0.5) is 0 Å². The number of carbonyl (C=O) groups excluding carboxylic acids is 1. The number of benzene rings is 2. The second-order valence-electron chi connectivity index (χ2n) is 6.15. The molecule has 120 valence electrons. The van der Waals surface area contributed by atoms with Crippen molar-refractivity contribution in [3.8, 4) is 5.75 Å². The van der Waals surface area contributed by atoms with Gasteiger partial charge < -0.3 is 4.74 Å². The highest BCUT2D eigenvalue weighted by molar-refractivity contribution is 5.75. The molecule has 1 fully saturated rings. The van der Waals surface area contributed by atoms with Crippen molar-refractivity contribution in [2.75, 3.05) is 20.2 Å². The fraction of sp³-hybridized carbons (Fsp3) is 0.350. The van der Waals surface area contributed by atoms with Crippen molar-refractivity contribution < 1.29 is 9.53 Å². The van der Waals surface area contributed by atoms with E-state index in [0.29, 0.717) is 11.5 Å². The van der Waals surface area contributed by atoms with Crippen LogP contribution >= 0.6 is 0 Å². The standard InChI is InChI=1S/C20H23NO2/c1-23-20-8-7-16(15-22)13-19(20)14-21-11-9-18(10-12-21)17-5-3-2-4-6-17/h2-8,13,15,18H,9-12,14H2,1H3. The third-order valence-corrected chi connectivity index (χ3v) is 4.69. The smallest absolute Gasteiger partial charge is 0.150 e. The van der Waals surface area contributed by atoms with E-state index in [9.17, 15) is 4.79 Å². The molecular weight excluding hydrogens is 286 g/mol. The Morgan fingerprint density at radius 1 is 1.13 bits per heavy atom. The number of carbonyl (C=O) groups is 1. The predicted octanol–water partition coefficient (Wildman–Crippen LogP) is 3.89. The van der Waals surface area contributed by atoms with Crippen LogP contribution in [-0.4, -0.2) is 31.4 Å². The van der Waals surface area contributed by atoms with Crippen LogP contribution in [0, 0.1) is 0 Å². The van der Waals surface area contributed by atoms with E-state index in [0.717, 1.165) is 37.2 Å². The lowest BCUT2D eigenvalue weighted by Gasteiger charge is -2.32. The number of likely N-dealkylation sites (tertiary alicyclic amines) is 1. The molecule has 2 aromatic rings. The van der Waals surface area contributed by atoms with Crippen molar-refractivity contribution in [2.45, 2.75) is 25.3 Å². The minimum Gasteiger partial charge on any atom is -0.496 e. The molecule has 0 bridgehead atoms. The summed E-state index contributed by atoms with van der Waals surface area (Å²) in [7, 11) is 1.68. The summed E-state index contributed by atoms with van der Waals surface area (Å²) in [5, 5.41) is 0. The monoisotopic (exact) mass is 309 g/mol. The van der Waals surface area contributed by atoms with Gasteiger partial charge in [-0.05, 0) is 55.6 Å². The first-order chi connectivity index (χ1) is 11.3. The summed E-state index contributed by atoms with van der Waals surface area (Å²) in [4.78, 5) is 13.4. The normalized spacial score (nSPS) is 16.2. The molecule has 0 N–H and O–H groups in total. The second kappa shape index (κ2) is 7.42. The van der Waals surface area contributed by atoms with Crippen LogP contribution in [0.5, 0.6) is 5.75 Å². The lowest BCUT2D eigenvalue weighted by atomic mass is 9.89. The Bertz CT molecular complexity index is 646. The topological polar surface area (TPSA) is 29.5 Å². The Morgan fingerprint density at radius 2 is 1.87 bits per heavy atom. The quantitative estimate of drug-likeness (QED) is 0.785. The van der Waals surface area contributed by atoms with Crippen LogP contribution in [-0.2, 0) is 6.54 Å². The number of methoxy groups -OCH3 is 1. The Morgan fingerprint density at radius 3 is 2.52 bits per heavy atom. The van der Waals surface area contributed by atoms with Crippen LogP contribution in [0.1, 0.15) is 40.2 Å². The van der Waals surface area contributed by atoms with Gasteiger partial charge in [-0.1, -0.05) is 30.3 Å². The summed E-state index contributed by atoms with van der Waals surface area (Å²) in [6, 6.07) is 16.4. The number of aldehydes is 1. The number of piperidine rings is 1. The molecule has 2 aromatic carbocycles. The first-order valence-corrected chi connectivity index (χ1v) is 8.19. The SMILES string of the molecule is COc1ccc(C=O)cc1CN1CCC(c2ccccc2)CC1. The van der Waals surface area contributed by atoms with Gasteiger partial charge in [-0.3, -0.25) is 9.69 Å². The van der Waals surface area contributed by atoms with Crippen LogP contribution in [0.15, 0.2) is 48.5 Å². The van der Waals surface area contributed by atoms with Crippen molar-refractivity contribution >= 4 is 6.29 Å². The van der Waals surface area contributed by atoms with Gasteiger partial charge >= 0.3 is 0 Å². The van der Waals surface area contributed by atoms with Gasteiger partial charge in [0.05, 0.1) is 7.11 Å². The summed E-state index contributed by atoms with van der Waals surface area (Å²) in [6.45, 7) is 2.99. The van der Waals surface area contributed by atoms with Gasteiger partial charge in [-0.2, -0.15) is 0 Å². The Kier molecular flexibility index (Phi) is 5.09. The zero-order valence-corrected chi connectivity index (χ0v) is 13.6. The molecule has 0 aliphatic carbocycles. The second-order valence-corrected chi connectivity index (χ2v) is 6.15. The molecule has 0 unspecified atom stereocenters. The maximum absolute atomic E-state index is 11.0. The number of ether oxygens (including phenoxy) is 1. The highest BCUT2D eigenvalue weighted by atomic mass is 16.5. The maximum atomic E-state index is 11.0. The molecule has 3 nitrogen and oxygen atoms in total. The molecule has 3 heteroatoms. The van der Waals surface area contributed by atoms with E-state index < -0.39 is 0 Å². The van der Waals surface area contributed by atoms with E-state index in [1.807, 2.05) is 12.1 Å². The van der Waals surface area contributed by atoms with E-state index in [1.165, 1.54) is 18.4 Å². The molecule has 0 atom stereocenters. The Hall–Kier alpha value is -2.13. The Labute approximate surface area is 137 Å². The highest BCUT2D eigenvalue weighted by Gasteiger charge is 2.21. The van der Waals surface area contributed by atoms with Crippen molar-refractivity contribution in [3.05, 3.63) is 65.2 Å². The molecule has 1 aliphatic heterocycles. The van der Waals surface area contributed by atoms with E-state index in [1.54, 1.807) is 13.2 Å². The van der Waals surface area contributed by atoms with Gasteiger partial charge in [0.1, 0.15) is 12.0 Å². The number of hydrogen-bond donors (Lipinski definition) is 0. The largest absolute Gasteiger partial charge is 0.496 e. The van der Waals surface area contributed by atoms with E-state index >= 15 is 0 Å². The molecule has 0 amide bonds. The molecule has 0 saturated carbocycles. The molecule has 3 rings (SSSR count). The first kappa shape index (κ1) is 15.8. The third kappa shape index (κ3) is 3.80. The molecule has 1 saturated heterocycles. The fourth-order valence-electron chi connectivity index (χ4n) is 3.39. The average molecular weight is 309 g/mol. The molecule has 0 radical (unpaired) electrons. The summed E-state index contributed by atoms with van der Waals surface area (Å²) in [6.07, 6.45) is 3.25. The van der Waals surface area contributed by atoms with Gasteiger partial charge in [-0.25, -0.2) is 0 Å². The van der Waals surface area contributed by atoms with Crippen molar-refractivity contribution in [1.82, 2.24) is 4.90 Å².